The van der Waals surface area contributed by atoms with E-state index >= 15 is 0 Å². The average molecular weight is 1030 g/mol. The van der Waals surface area contributed by atoms with Crippen LogP contribution in [0.3, 0.4) is 0 Å². The van der Waals surface area contributed by atoms with E-state index in [0.29, 0.717) is 19.3 Å². The molecule has 6 nitrogen and oxygen atoms in total. The van der Waals surface area contributed by atoms with E-state index in [0.717, 1.165) is 64.2 Å². The van der Waals surface area contributed by atoms with Gasteiger partial charge in [-0.1, -0.05) is 302 Å². The van der Waals surface area contributed by atoms with Crippen molar-refractivity contribution < 1.29 is 28.6 Å². The largest absolute Gasteiger partial charge is 0.462 e. The van der Waals surface area contributed by atoms with E-state index in [2.05, 4.69) is 45.1 Å². The summed E-state index contributed by atoms with van der Waals surface area (Å²) in [4.78, 5) is 38.2. The van der Waals surface area contributed by atoms with E-state index in [-0.39, 0.29) is 31.1 Å². The maximum atomic E-state index is 12.9. The summed E-state index contributed by atoms with van der Waals surface area (Å²) in [5.74, 6) is -0.852. The van der Waals surface area contributed by atoms with Crippen molar-refractivity contribution in [3.63, 3.8) is 0 Å². The Hall–Kier alpha value is -2.11. The Morgan fingerprint density at radius 2 is 0.452 bits per heavy atom. The van der Waals surface area contributed by atoms with Gasteiger partial charge in [-0.3, -0.25) is 14.4 Å². The van der Waals surface area contributed by atoms with Gasteiger partial charge < -0.3 is 14.2 Å². The highest BCUT2D eigenvalue weighted by atomic mass is 16.6. The number of hydrogen-bond acceptors (Lipinski definition) is 6. The van der Waals surface area contributed by atoms with Gasteiger partial charge in [0.1, 0.15) is 13.2 Å². The molecule has 73 heavy (non-hydrogen) atoms. The summed E-state index contributed by atoms with van der Waals surface area (Å²) in [6, 6.07) is 0. The van der Waals surface area contributed by atoms with E-state index in [1.807, 2.05) is 0 Å². The topological polar surface area (TPSA) is 78.9 Å². The number of hydrogen-bond donors (Lipinski definition) is 0. The van der Waals surface area contributed by atoms with Gasteiger partial charge in [0.15, 0.2) is 6.10 Å². The summed E-state index contributed by atoms with van der Waals surface area (Å²) < 4.78 is 16.9. The average Bonchev–Trinajstić information content (AvgIpc) is 3.39. The highest BCUT2D eigenvalue weighted by Crippen LogP contribution is 2.18. The molecule has 0 rings (SSSR count). The van der Waals surface area contributed by atoms with E-state index in [1.54, 1.807) is 0 Å². The first-order valence-electron chi connectivity index (χ1n) is 32.8. The van der Waals surface area contributed by atoms with Crippen LogP contribution in [-0.4, -0.2) is 37.2 Å². The van der Waals surface area contributed by atoms with Crippen molar-refractivity contribution >= 4 is 17.9 Å². The molecule has 0 bridgehead atoms. The van der Waals surface area contributed by atoms with Gasteiger partial charge in [0, 0.05) is 19.3 Å². The summed E-state index contributed by atoms with van der Waals surface area (Å²) in [5, 5.41) is 0. The zero-order valence-electron chi connectivity index (χ0n) is 49.4. The van der Waals surface area contributed by atoms with Gasteiger partial charge in [-0.25, -0.2) is 0 Å². The molecule has 0 radical (unpaired) electrons. The summed E-state index contributed by atoms with van der Waals surface area (Å²) in [6.07, 6.45) is 74.8. The van der Waals surface area contributed by atoms with Crippen molar-refractivity contribution in [1.82, 2.24) is 0 Å². The Morgan fingerprint density at radius 1 is 0.260 bits per heavy atom. The highest BCUT2D eigenvalue weighted by molar-refractivity contribution is 5.71. The van der Waals surface area contributed by atoms with Gasteiger partial charge in [0.2, 0.25) is 0 Å². The quantitative estimate of drug-likeness (QED) is 0.0261. The molecular weight excluding hydrogens is 901 g/mol. The molecule has 0 N–H and O–H groups in total. The zero-order chi connectivity index (χ0) is 52.9. The van der Waals surface area contributed by atoms with Crippen LogP contribution in [0.15, 0.2) is 24.3 Å². The molecule has 0 aromatic carbocycles. The van der Waals surface area contributed by atoms with Crippen molar-refractivity contribution in [2.24, 2.45) is 0 Å². The smallest absolute Gasteiger partial charge is 0.306 e. The van der Waals surface area contributed by atoms with E-state index < -0.39 is 6.10 Å². The predicted molar refractivity (Wildman–Crippen MR) is 316 cm³/mol. The molecule has 0 aliphatic rings. The Balaban J connectivity index is 4.17. The lowest BCUT2D eigenvalue weighted by Gasteiger charge is -2.18. The number of allylic oxidation sites excluding steroid dienone is 4. The molecule has 1 unspecified atom stereocenters. The Morgan fingerprint density at radius 3 is 0.712 bits per heavy atom. The summed E-state index contributed by atoms with van der Waals surface area (Å²) >= 11 is 0. The van der Waals surface area contributed by atoms with E-state index in [1.165, 1.54) is 263 Å². The molecule has 0 saturated carbocycles. The summed E-state index contributed by atoms with van der Waals surface area (Å²) in [6.45, 7) is 6.67. The number of ether oxygens (including phenoxy) is 3. The van der Waals surface area contributed by atoms with Gasteiger partial charge in [0.05, 0.1) is 0 Å². The van der Waals surface area contributed by atoms with Crippen LogP contribution in [0.2, 0.25) is 0 Å². The van der Waals surface area contributed by atoms with Crippen LogP contribution in [-0.2, 0) is 28.6 Å². The second-order valence-corrected chi connectivity index (χ2v) is 22.4. The third kappa shape index (κ3) is 60.6. The number of unbranched alkanes of at least 4 members (excludes halogenated alkanes) is 46. The fourth-order valence-electron chi connectivity index (χ4n) is 9.97. The maximum absolute atomic E-state index is 12.9. The molecule has 0 aliphatic carbocycles. The molecule has 0 aromatic heterocycles. The van der Waals surface area contributed by atoms with Crippen LogP contribution >= 0.6 is 0 Å². The molecule has 0 spiro atoms. The number of carbonyl (C=O) groups is 3. The lowest BCUT2D eigenvalue weighted by atomic mass is 10.0. The third-order valence-electron chi connectivity index (χ3n) is 14.9. The van der Waals surface area contributed by atoms with Gasteiger partial charge in [-0.2, -0.15) is 0 Å². The summed E-state index contributed by atoms with van der Waals surface area (Å²) in [5.41, 5.74) is 0. The fraction of sp³-hybridized carbons (Fsp3) is 0.896. The molecule has 6 heteroatoms. The standard InChI is InChI=1S/C67H126O6/c1-4-7-10-13-16-19-22-25-27-29-30-31-32-33-34-35-36-37-38-39-41-42-45-48-51-54-57-60-66(69)72-63-64(62-71-65(68)59-56-53-50-47-44-24-21-18-15-12-9-6-3)73-67(70)61-58-55-52-49-46-43-40-28-26-23-20-17-14-11-8-5-2/h18,21,29-30,64H,4-17,19-20,22-28,31-63H2,1-3H3/b21-18-,30-29-. The second kappa shape index (κ2) is 62.4. The van der Waals surface area contributed by atoms with Crippen molar-refractivity contribution in [1.29, 1.82) is 0 Å². The Labute approximate surface area is 455 Å². The third-order valence-corrected chi connectivity index (χ3v) is 14.9. The van der Waals surface area contributed by atoms with Crippen LogP contribution in [0, 0.1) is 0 Å². The fourth-order valence-corrected chi connectivity index (χ4v) is 9.97. The van der Waals surface area contributed by atoms with Crippen LogP contribution in [0.1, 0.15) is 367 Å². The predicted octanol–water partition coefficient (Wildman–Crippen LogP) is 22.2. The number of rotatable bonds is 61. The van der Waals surface area contributed by atoms with Gasteiger partial charge in [-0.05, 0) is 70.6 Å². The van der Waals surface area contributed by atoms with E-state index in [9.17, 15) is 14.4 Å². The maximum Gasteiger partial charge on any atom is 0.306 e. The Bertz CT molecular complexity index is 1180. The highest BCUT2D eigenvalue weighted by Gasteiger charge is 2.19. The van der Waals surface area contributed by atoms with Crippen molar-refractivity contribution in [3.05, 3.63) is 24.3 Å². The minimum atomic E-state index is -0.770. The Kier molecular flexibility index (Phi) is 60.6. The van der Waals surface area contributed by atoms with E-state index in [4.69, 9.17) is 14.2 Å². The van der Waals surface area contributed by atoms with Crippen molar-refractivity contribution in [2.75, 3.05) is 13.2 Å². The molecule has 0 fully saturated rings. The molecule has 0 heterocycles. The molecule has 0 aliphatic heterocycles. The minimum absolute atomic E-state index is 0.0683. The SMILES string of the molecule is CCCCC/C=C\CCCCCCCC(=O)OCC(COC(=O)CCCCCCCCCCCCCCCCC/C=C\CCCCCCCCCC)OC(=O)CCCCCCCCCCCCCCCCCC. The first-order valence-corrected chi connectivity index (χ1v) is 32.8. The van der Waals surface area contributed by atoms with Gasteiger partial charge >= 0.3 is 17.9 Å². The van der Waals surface area contributed by atoms with Gasteiger partial charge in [-0.15, -0.1) is 0 Å². The van der Waals surface area contributed by atoms with Crippen LogP contribution in [0.4, 0.5) is 0 Å². The molecule has 0 amide bonds. The van der Waals surface area contributed by atoms with Crippen molar-refractivity contribution in [2.45, 2.75) is 374 Å². The molecular formula is C67H126O6. The number of carbonyl (C=O) groups excluding carboxylic acids is 3. The minimum Gasteiger partial charge on any atom is -0.462 e. The second-order valence-electron chi connectivity index (χ2n) is 22.4. The van der Waals surface area contributed by atoms with Gasteiger partial charge in [0.25, 0.3) is 0 Å². The first-order chi connectivity index (χ1) is 36.0. The lowest BCUT2D eigenvalue weighted by molar-refractivity contribution is -0.167. The van der Waals surface area contributed by atoms with Crippen LogP contribution in [0.5, 0.6) is 0 Å². The first kappa shape index (κ1) is 70.9. The van der Waals surface area contributed by atoms with Crippen molar-refractivity contribution in [3.8, 4) is 0 Å². The molecule has 0 saturated heterocycles. The van der Waals surface area contributed by atoms with Crippen LogP contribution < -0.4 is 0 Å². The van der Waals surface area contributed by atoms with Crippen LogP contribution in [0.25, 0.3) is 0 Å². The molecule has 0 aromatic rings. The number of esters is 3. The molecule has 1 atom stereocenters. The molecule has 430 valence electrons. The zero-order valence-corrected chi connectivity index (χ0v) is 49.4. The summed E-state index contributed by atoms with van der Waals surface area (Å²) in [7, 11) is 0. The monoisotopic (exact) mass is 1030 g/mol. The lowest BCUT2D eigenvalue weighted by Crippen LogP contribution is -2.30. The normalized spacial score (nSPS) is 12.1.